The van der Waals surface area contributed by atoms with Gasteiger partial charge in [-0.1, -0.05) is 5.11 Å². The van der Waals surface area contributed by atoms with E-state index in [1.165, 1.54) is 0 Å². The third-order valence-electron chi connectivity index (χ3n) is 1.32. The van der Waals surface area contributed by atoms with E-state index in [9.17, 15) is 9.59 Å². The fourth-order valence-electron chi connectivity index (χ4n) is 0.578. The zero-order chi connectivity index (χ0) is 10.4. The number of rotatable bonds is 4. The van der Waals surface area contributed by atoms with Crippen molar-refractivity contribution >= 4 is 11.9 Å². The quantitative estimate of drug-likeness (QED) is 0.290. The number of carboxylic acid groups (broad SMARTS) is 2. The monoisotopic (exact) mass is 185 g/mol. The molecule has 0 aromatic heterocycles. The van der Waals surface area contributed by atoms with Crippen LogP contribution in [0.4, 0.5) is 0 Å². The van der Waals surface area contributed by atoms with Crippen LogP contribution in [0.3, 0.4) is 0 Å². The number of azide groups is 1. The van der Waals surface area contributed by atoms with E-state index in [1.54, 1.807) is 0 Å². The van der Waals surface area contributed by atoms with Crippen molar-refractivity contribution in [2.24, 2.45) is 5.11 Å². The maximum absolute atomic E-state index is 10.4. The van der Waals surface area contributed by atoms with Crippen LogP contribution >= 0.6 is 0 Å². The first-order chi connectivity index (χ1) is 6.00. The first kappa shape index (κ1) is 11.0. The highest BCUT2D eigenvalue weighted by molar-refractivity contribution is 5.98. The van der Waals surface area contributed by atoms with Crippen LogP contribution in [-0.4, -0.2) is 28.7 Å². The number of carbonyl (C=O) groups is 2. The van der Waals surface area contributed by atoms with Gasteiger partial charge < -0.3 is 10.2 Å². The van der Waals surface area contributed by atoms with Crippen LogP contribution in [0, 0.1) is 0 Å². The van der Waals surface area contributed by atoms with Gasteiger partial charge in [-0.2, -0.15) is 0 Å². The maximum atomic E-state index is 10.4. The van der Waals surface area contributed by atoms with Crippen LogP contribution < -0.4 is 0 Å². The number of carboxylic acids is 2. The molecule has 0 unspecified atom stereocenters. The van der Waals surface area contributed by atoms with E-state index in [0.717, 1.165) is 6.92 Å². The summed E-state index contributed by atoms with van der Waals surface area (Å²) in [6, 6.07) is 0. The van der Waals surface area contributed by atoms with Gasteiger partial charge in [0.2, 0.25) is 0 Å². The summed E-state index contributed by atoms with van der Waals surface area (Å²) in [5, 5.41) is 19.9. The fraction of sp³-hybridized carbons (Fsp3) is 0.333. The van der Waals surface area contributed by atoms with E-state index in [4.69, 9.17) is 15.7 Å². The molecule has 0 aromatic carbocycles. The number of nitrogens with zero attached hydrogens (tertiary/aromatic N) is 3. The highest BCUT2D eigenvalue weighted by Crippen LogP contribution is 2.05. The lowest BCUT2D eigenvalue weighted by atomic mass is 10.1. The Morgan fingerprint density at radius 1 is 1.38 bits per heavy atom. The Morgan fingerprint density at radius 2 is 1.92 bits per heavy atom. The highest BCUT2D eigenvalue weighted by Gasteiger charge is 2.14. The minimum atomic E-state index is -1.40. The second-order valence-corrected chi connectivity index (χ2v) is 2.10. The van der Waals surface area contributed by atoms with Gasteiger partial charge in [-0.3, -0.25) is 0 Å². The molecular weight excluding hydrogens is 178 g/mol. The summed E-state index contributed by atoms with van der Waals surface area (Å²) in [5.74, 6) is -2.74. The van der Waals surface area contributed by atoms with Crippen molar-refractivity contribution in [3.8, 4) is 0 Å². The molecule has 0 heterocycles. The molecule has 7 nitrogen and oxygen atoms in total. The molecule has 0 aromatic rings. The summed E-state index contributed by atoms with van der Waals surface area (Å²) in [6.07, 6.45) is 0. The zero-order valence-corrected chi connectivity index (χ0v) is 6.76. The van der Waals surface area contributed by atoms with Crippen molar-refractivity contribution in [1.82, 2.24) is 0 Å². The molecule has 13 heavy (non-hydrogen) atoms. The second-order valence-electron chi connectivity index (χ2n) is 2.10. The zero-order valence-electron chi connectivity index (χ0n) is 6.76. The normalized spacial score (nSPS) is 11.2. The minimum Gasteiger partial charge on any atom is -0.478 e. The number of hydrogen-bond acceptors (Lipinski definition) is 3. The van der Waals surface area contributed by atoms with Gasteiger partial charge in [-0.05, 0) is 12.5 Å². The second kappa shape index (κ2) is 4.78. The molecule has 0 saturated heterocycles. The maximum Gasteiger partial charge on any atom is 0.332 e. The van der Waals surface area contributed by atoms with Crippen molar-refractivity contribution in [3.05, 3.63) is 21.6 Å². The van der Waals surface area contributed by atoms with E-state index in [0.29, 0.717) is 0 Å². The van der Waals surface area contributed by atoms with E-state index >= 15 is 0 Å². The van der Waals surface area contributed by atoms with Crippen LogP contribution in [0.5, 0.6) is 0 Å². The van der Waals surface area contributed by atoms with Crippen LogP contribution in [0.2, 0.25) is 0 Å². The molecule has 7 heteroatoms. The summed E-state index contributed by atoms with van der Waals surface area (Å²) in [4.78, 5) is 23.1. The Balaban J connectivity index is 4.99. The molecule has 0 radical (unpaired) electrons. The van der Waals surface area contributed by atoms with Crippen LogP contribution in [0.25, 0.3) is 10.4 Å². The van der Waals surface area contributed by atoms with Gasteiger partial charge in [0.25, 0.3) is 0 Å². The Hall–Kier alpha value is -2.01. The summed E-state index contributed by atoms with van der Waals surface area (Å²) >= 11 is 0. The van der Waals surface area contributed by atoms with Gasteiger partial charge in [0.15, 0.2) is 0 Å². The Morgan fingerprint density at radius 3 is 2.23 bits per heavy atom. The average molecular weight is 185 g/mol. The lowest BCUT2D eigenvalue weighted by Gasteiger charge is -1.99. The molecule has 0 spiro atoms. The van der Waals surface area contributed by atoms with E-state index in [2.05, 4.69) is 10.0 Å². The first-order valence-electron chi connectivity index (χ1n) is 3.18. The molecule has 0 amide bonds. The molecular formula is C6H7N3O4. The molecule has 0 aliphatic rings. The van der Waals surface area contributed by atoms with Crippen molar-refractivity contribution < 1.29 is 19.8 Å². The molecule has 0 fully saturated rings. The fourth-order valence-corrected chi connectivity index (χ4v) is 0.578. The first-order valence-corrected chi connectivity index (χ1v) is 3.18. The molecule has 0 aliphatic carbocycles. The minimum absolute atomic E-state index is 0.333. The summed E-state index contributed by atoms with van der Waals surface area (Å²) < 4.78 is 0. The predicted octanol–water partition coefficient (Wildman–Crippen LogP) is 0.782. The third-order valence-corrected chi connectivity index (χ3v) is 1.32. The van der Waals surface area contributed by atoms with Crippen molar-refractivity contribution in [1.29, 1.82) is 0 Å². The Kier molecular flexibility index (Phi) is 4.05. The van der Waals surface area contributed by atoms with Gasteiger partial charge in [-0.15, -0.1) is 0 Å². The van der Waals surface area contributed by atoms with E-state index < -0.39 is 24.1 Å². The summed E-state index contributed by atoms with van der Waals surface area (Å²) in [6.45, 7) is 0.669. The summed E-state index contributed by atoms with van der Waals surface area (Å²) in [7, 11) is 0. The lowest BCUT2D eigenvalue weighted by molar-refractivity contribution is -0.135. The molecule has 70 valence electrons. The predicted molar refractivity (Wildman–Crippen MR) is 42.0 cm³/mol. The highest BCUT2D eigenvalue weighted by atomic mass is 16.4. The van der Waals surface area contributed by atoms with Crippen LogP contribution in [-0.2, 0) is 9.59 Å². The number of hydrogen-bond donors (Lipinski definition) is 2. The Labute approximate surface area is 72.9 Å². The third kappa shape index (κ3) is 3.26. The van der Waals surface area contributed by atoms with Gasteiger partial charge in [0.05, 0.1) is 12.1 Å². The average Bonchev–Trinajstić information content (AvgIpc) is 2.04. The van der Waals surface area contributed by atoms with Gasteiger partial charge in [0.1, 0.15) is 0 Å². The van der Waals surface area contributed by atoms with Crippen LogP contribution in [0.1, 0.15) is 6.92 Å². The number of aliphatic carboxylic acids is 2. The molecule has 0 atom stereocenters. The smallest absolute Gasteiger partial charge is 0.332 e. The van der Waals surface area contributed by atoms with Crippen molar-refractivity contribution in [3.63, 3.8) is 0 Å². The van der Waals surface area contributed by atoms with Gasteiger partial charge in [-0.25, -0.2) is 9.59 Å². The van der Waals surface area contributed by atoms with Gasteiger partial charge >= 0.3 is 11.9 Å². The molecule has 0 rings (SSSR count). The molecule has 0 saturated carbocycles. The van der Waals surface area contributed by atoms with E-state index in [-0.39, 0.29) is 5.57 Å². The molecule has 0 bridgehead atoms. The molecule has 0 aliphatic heterocycles. The topological polar surface area (TPSA) is 123 Å². The lowest BCUT2D eigenvalue weighted by Crippen LogP contribution is -2.11. The van der Waals surface area contributed by atoms with Gasteiger partial charge in [0, 0.05) is 10.5 Å². The summed E-state index contributed by atoms with van der Waals surface area (Å²) in [5.41, 5.74) is 7.17. The Bertz CT molecular complexity index is 314. The molecule has 2 N–H and O–H groups in total. The largest absolute Gasteiger partial charge is 0.478 e. The standard InChI is InChI=1S/C6H7N3O4/c1-3(5(10)11)4(6(12)13)2-8-9-7/h2H2,1H3,(H,10,11)(H,12,13)/b4-3-. The van der Waals surface area contributed by atoms with Crippen molar-refractivity contribution in [2.45, 2.75) is 6.92 Å². The van der Waals surface area contributed by atoms with Crippen LogP contribution in [0.15, 0.2) is 16.3 Å². The van der Waals surface area contributed by atoms with Crippen molar-refractivity contribution in [2.75, 3.05) is 6.54 Å². The van der Waals surface area contributed by atoms with E-state index in [1.807, 2.05) is 0 Å². The SMILES string of the molecule is C/C(C(=O)O)=C(\CN=[N+]=[N-])C(=O)O.